The quantitative estimate of drug-likeness (QED) is 0.821. The Balaban J connectivity index is 2.33. The molecule has 21 heavy (non-hydrogen) atoms. The lowest BCUT2D eigenvalue weighted by Gasteiger charge is -2.11. The van der Waals surface area contributed by atoms with E-state index in [0.717, 1.165) is 0 Å². The molecule has 0 bridgehead atoms. The molecular weight excluding hydrogens is 360 g/mol. The van der Waals surface area contributed by atoms with Gasteiger partial charge in [0.15, 0.2) is 0 Å². The van der Waals surface area contributed by atoms with Crippen molar-refractivity contribution in [2.75, 3.05) is 12.3 Å². The van der Waals surface area contributed by atoms with Gasteiger partial charge in [0.05, 0.1) is 21.7 Å². The van der Waals surface area contributed by atoms with Crippen LogP contribution in [0.5, 0.6) is 11.5 Å². The highest BCUT2D eigenvalue weighted by molar-refractivity contribution is 9.10. The monoisotopic (exact) mass is 370 g/mol. The van der Waals surface area contributed by atoms with E-state index in [1.165, 1.54) is 12.3 Å². The van der Waals surface area contributed by atoms with Crippen molar-refractivity contribution in [3.8, 4) is 11.5 Å². The van der Waals surface area contributed by atoms with E-state index in [9.17, 15) is 4.79 Å². The summed E-state index contributed by atoms with van der Waals surface area (Å²) in [5.41, 5.74) is 5.97. The maximum Gasteiger partial charge on any atom is 0.338 e. The van der Waals surface area contributed by atoms with E-state index in [-0.39, 0.29) is 0 Å². The van der Waals surface area contributed by atoms with E-state index in [1.807, 2.05) is 0 Å². The number of anilines is 1. The predicted molar refractivity (Wildman–Crippen MR) is 83.8 cm³/mol. The number of hydrogen-bond donors (Lipinski definition) is 1. The fraction of sp³-hybridized carbons (Fsp3) is 0.143. The molecule has 1 heterocycles. The van der Waals surface area contributed by atoms with Crippen LogP contribution in [0.1, 0.15) is 17.3 Å². The number of rotatable bonds is 4. The van der Waals surface area contributed by atoms with E-state index in [2.05, 4.69) is 20.9 Å². The lowest BCUT2D eigenvalue weighted by Crippen LogP contribution is -2.04. The van der Waals surface area contributed by atoms with Gasteiger partial charge in [-0.05, 0) is 41.1 Å². The van der Waals surface area contributed by atoms with Crippen molar-refractivity contribution in [1.82, 2.24) is 4.98 Å². The van der Waals surface area contributed by atoms with Crippen molar-refractivity contribution in [2.45, 2.75) is 6.92 Å². The molecule has 2 aromatic rings. The van der Waals surface area contributed by atoms with Gasteiger partial charge in [-0.1, -0.05) is 11.6 Å². The summed E-state index contributed by atoms with van der Waals surface area (Å²) in [7, 11) is 0. The number of pyridine rings is 1. The van der Waals surface area contributed by atoms with Gasteiger partial charge in [0.25, 0.3) is 0 Å². The Kier molecular flexibility index (Phi) is 5.03. The van der Waals surface area contributed by atoms with Crippen molar-refractivity contribution in [3.63, 3.8) is 0 Å². The second-order valence-corrected chi connectivity index (χ2v) is 5.27. The van der Waals surface area contributed by atoms with Gasteiger partial charge >= 0.3 is 5.97 Å². The van der Waals surface area contributed by atoms with Gasteiger partial charge in [-0.25, -0.2) is 9.78 Å². The highest BCUT2D eigenvalue weighted by Crippen LogP contribution is 2.34. The summed E-state index contributed by atoms with van der Waals surface area (Å²) in [4.78, 5) is 15.6. The van der Waals surface area contributed by atoms with Crippen LogP contribution < -0.4 is 10.5 Å². The molecule has 0 spiro atoms. The summed E-state index contributed by atoms with van der Waals surface area (Å²) in [6.45, 7) is 2.03. The number of esters is 1. The van der Waals surface area contributed by atoms with E-state index in [4.69, 9.17) is 26.8 Å². The maximum atomic E-state index is 11.7. The molecule has 0 amide bonds. The molecule has 0 fully saturated rings. The molecule has 2 N–H and O–H groups in total. The van der Waals surface area contributed by atoms with Gasteiger partial charge < -0.3 is 15.2 Å². The SMILES string of the molecule is CCOC(=O)c1ccc(Cl)c(Oc2cc(N)ncc2Br)c1. The Bertz CT molecular complexity index is 679. The molecule has 7 heteroatoms. The van der Waals surface area contributed by atoms with Crippen molar-refractivity contribution < 1.29 is 14.3 Å². The number of benzene rings is 1. The Morgan fingerprint density at radius 1 is 1.38 bits per heavy atom. The third kappa shape index (κ3) is 3.86. The number of carbonyl (C=O) groups excluding carboxylic acids is 1. The second-order valence-electron chi connectivity index (χ2n) is 4.01. The number of nitrogen functional groups attached to an aromatic ring is 1. The first kappa shape index (κ1) is 15.6. The number of ether oxygens (including phenoxy) is 2. The van der Waals surface area contributed by atoms with Gasteiger partial charge in [-0.2, -0.15) is 0 Å². The van der Waals surface area contributed by atoms with Gasteiger partial charge in [0.1, 0.15) is 17.3 Å². The molecule has 1 aromatic heterocycles. The summed E-state index contributed by atoms with van der Waals surface area (Å²) in [5.74, 6) is 0.650. The smallest absolute Gasteiger partial charge is 0.338 e. The van der Waals surface area contributed by atoms with Gasteiger partial charge in [-0.3, -0.25) is 0 Å². The molecule has 0 saturated heterocycles. The Morgan fingerprint density at radius 3 is 2.86 bits per heavy atom. The molecule has 0 aliphatic rings. The zero-order valence-corrected chi connectivity index (χ0v) is 13.4. The minimum absolute atomic E-state index is 0.296. The zero-order valence-electron chi connectivity index (χ0n) is 11.1. The third-order valence-corrected chi connectivity index (χ3v) is 3.41. The normalized spacial score (nSPS) is 10.2. The average molecular weight is 372 g/mol. The molecule has 0 aliphatic carbocycles. The maximum absolute atomic E-state index is 11.7. The topological polar surface area (TPSA) is 74.4 Å². The highest BCUT2D eigenvalue weighted by atomic mass is 79.9. The molecule has 0 atom stereocenters. The average Bonchev–Trinajstić information content (AvgIpc) is 2.45. The first-order valence-electron chi connectivity index (χ1n) is 6.06. The third-order valence-electron chi connectivity index (χ3n) is 2.50. The number of carbonyl (C=O) groups is 1. The lowest BCUT2D eigenvalue weighted by molar-refractivity contribution is 0.0526. The Labute approximate surface area is 135 Å². The Hall–Kier alpha value is -1.79. The summed E-state index contributed by atoms with van der Waals surface area (Å²) in [6, 6.07) is 6.21. The number of nitrogens with two attached hydrogens (primary N) is 1. The van der Waals surface area contributed by atoms with Crippen LogP contribution in [0, 0.1) is 0 Å². The minimum atomic E-state index is -0.438. The van der Waals surface area contributed by atoms with E-state index >= 15 is 0 Å². The molecule has 0 radical (unpaired) electrons. The number of nitrogens with zero attached hydrogens (tertiary/aromatic N) is 1. The van der Waals surface area contributed by atoms with Crippen LogP contribution in [-0.2, 0) is 4.74 Å². The summed E-state index contributed by atoms with van der Waals surface area (Å²) < 4.78 is 11.2. The van der Waals surface area contributed by atoms with Crippen LogP contribution in [0.2, 0.25) is 5.02 Å². The summed E-state index contributed by atoms with van der Waals surface area (Å²) in [5, 5.41) is 0.366. The van der Waals surface area contributed by atoms with Crippen molar-refractivity contribution in [2.24, 2.45) is 0 Å². The fourth-order valence-corrected chi connectivity index (χ4v) is 2.01. The molecular formula is C14H12BrClN2O3. The van der Waals surface area contributed by atoms with Crippen LogP contribution in [0.4, 0.5) is 5.82 Å². The molecule has 1 aromatic carbocycles. The number of hydrogen-bond acceptors (Lipinski definition) is 5. The van der Waals surface area contributed by atoms with E-state index < -0.39 is 5.97 Å². The summed E-state index contributed by atoms with van der Waals surface area (Å²) in [6.07, 6.45) is 1.52. The van der Waals surface area contributed by atoms with Crippen LogP contribution in [0.25, 0.3) is 0 Å². The van der Waals surface area contributed by atoms with Gasteiger partial charge in [-0.15, -0.1) is 0 Å². The van der Waals surface area contributed by atoms with Crippen LogP contribution >= 0.6 is 27.5 Å². The van der Waals surface area contributed by atoms with Gasteiger partial charge in [0.2, 0.25) is 0 Å². The predicted octanol–water partition coefficient (Wildman–Crippen LogP) is 4.05. The van der Waals surface area contributed by atoms with Crippen LogP contribution in [0.3, 0.4) is 0 Å². The highest BCUT2D eigenvalue weighted by Gasteiger charge is 2.13. The van der Waals surface area contributed by atoms with Crippen molar-refractivity contribution >= 4 is 39.3 Å². The van der Waals surface area contributed by atoms with E-state index in [1.54, 1.807) is 25.1 Å². The molecule has 110 valence electrons. The fourth-order valence-electron chi connectivity index (χ4n) is 1.56. The molecule has 5 nitrogen and oxygen atoms in total. The first-order valence-corrected chi connectivity index (χ1v) is 7.24. The first-order chi connectivity index (χ1) is 10.0. The van der Waals surface area contributed by atoms with E-state index in [0.29, 0.717) is 39.0 Å². The largest absolute Gasteiger partial charge is 0.462 e. The van der Waals surface area contributed by atoms with Crippen molar-refractivity contribution in [3.05, 3.63) is 45.5 Å². The Morgan fingerprint density at radius 2 is 2.14 bits per heavy atom. The number of aromatic nitrogens is 1. The minimum Gasteiger partial charge on any atom is -0.462 e. The van der Waals surface area contributed by atoms with Crippen LogP contribution in [-0.4, -0.2) is 17.6 Å². The zero-order chi connectivity index (χ0) is 15.4. The van der Waals surface area contributed by atoms with Crippen LogP contribution in [0.15, 0.2) is 34.9 Å². The molecule has 0 unspecified atom stereocenters. The van der Waals surface area contributed by atoms with Gasteiger partial charge in [0, 0.05) is 12.3 Å². The second kappa shape index (κ2) is 6.78. The standard InChI is InChI=1S/C14H12BrClN2O3/c1-2-20-14(19)8-3-4-10(16)12(5-8)21-11-6-13(17)18-7-9(11)15/h3-7H,2H2,1H3,(H2,17,18). The lowest BCUT2D eigenvalue weighted by atomic mass is 10.2. The molecule has 2 rings (SSSR count). The van der Waals surface area contributed by atoms with Crippen molar-refractivity contribution in [1.29, 1.82) is 0 Å². The molecule has 0 saturated carbocycles. The molecule has 0 aliphatic heterocycles. The number of halogens is 2. The summed E-state index contributed by atoms with van der Waals surface area (Å²) >= 11 is 9.39.